The molecule has 40 heavy (non-hydrogen) atoms. The van der Waals surface area contributed by atoms with Gasteiger partial charge in [0, 0.05) is 17.9 Å². The summed E-state index contributed by atoms with van der Waals surface area (Å²) in [5, 5.41) is 64.6. The number of aliphatic hydroxyl groups is 6. The summed E-state index contributed by atoms with van der Waals surface area (Å²) in [5.41, 5.74) is -3.01. The van der Waals surface area contributed by atoms with Gasteiger partial charge in [-0.3, -0.25) is 0 Å². The zero-order valence-electron chi connectivity index (χ0n) is 22.9. The van der Waals surface area contributed by atoms with Crippen LogP contribution in [0.1, 0.15) is 64.7 Å². The summed E-state index contributed by atoms with van der Waals surface area (Å²) >= 11 is 0. The van der Waals surface area contributed by atoms with Gasteiger partial charge in [-0.25, -0.2) is 4.79 Å². The monoisotopic (exact) mass is 566 g/mol. The van der Waals surface area contributed by atoms with Crippen LogP contribution >= 0.6 is 0 Å². The Morgan fingerprint density at radius 2 is 1.75 bits per heavy atom. The fraction of sp³-hybridized carbons (Fsp3) is 0.862. The predicted molar refractivity (Wildman–Crippen MR) is 136 cm³/mol. The van der Waals surface area contributed by atoms with E-state index in [1.54, 1.807) is 6.08 Å². The third-order valence-corrected chi connectivity index (χ3v) is 12.0. The number of aldehydes is 1. The van der Waals surface area contributed by atoms with Crippen molar-refractivity contribution in [1.29, 1.82) is 0 Å². The molecule has 0 aromatic heterocycles. The van der Waals surface area contributed by atoms with Gasteiger partial charge < -0.3 is 49.6 Å². The van der Waals surface area contributed by atoms with E-state index in [4.69, 9.17) is 14.2 Å². The zero-order valence-corrected chi connectivity index (χ0v) is 22.9. The average Bonchev–Trinajstić information content (AvgIpc) is 3.48. The molecule has 0 aromatic carbocycles. The Bertz CT molecular complexity index is 1060. The molecule has 0 bridgehead atoms. The fourth-order valence-electron chi connectivity index (χ4n) is 9.80. The first kappa shape index (κ1) is 28.7. The third-order valence-electron chi connectivity index (χ3n) is 12.0. The first-order valence-electron chi connectivity index (χ1n) is 14.7. The van der Waals surface area contributed by atoms with Gasteiger partial charge in [0.1, 0.15) is 37.3 Å². The molecule has 4 saturated carbocycles. The number of esters is 1. The van der Waals surface area contributed by atoms with E-state index in [0.29, 0.717) is 44.9 Å². The second-order valence-electron chi connectivity index (χ2n) is 13.4. The van der Waals surface area contributed by atoms with Gasteiger partial charge in [0.05, 0.1) is 29.3 Å². The molecule has 4 aliphatic carbocycles. The average molecular weight is 567 g/mol. The number of fused-ring (bicyclic) bond motifs is 5. The number of aliphatic hydroxyl groups excluding tert-OH is 4. The van der Waals surface area contributed by atoms with E-state index >= 15 is 0 Å². The van der Waals surface area contributed by atoms with Gasteiger partial charge in [-0.2, -0.15) is 0 Å². The molecular formula is C29H42O11. The van der Waals surface area contributed by atoms with Crippen LogP contribution < -0.4 is 0 Å². The summed E-state index contributed by atoms with van der Waals surface area (Å²) in [4.78, 5) is 24.8. The van der Waals surface area contributed by atoms with Crippen LogP contribution in [-0.2, 0) is 23.8 Å². The van der Waals surface area contributed by atoms with Gasteiger partial charge in [0.25, 0.3) is 0 Å². The highest BCUT2D eigenvalue weighted by atomic mass is 16.7. The molecule has 0 unspecified atom stereocenters. The Balaban J connectivity index is 1.22. The highest BCUT2D eigenvalue weighted by Gasteiger charge is 2.71. The van der Waals surface area contributed by atoms with Crippen LogP contribution in [-0.4, -0.2) is 104 Å². The van der Waals surface area contributed by atoms with Crippen molar-refractivity contribution < 1.29 is 54.4 Å². The van der Waals surface area contributed by atoms with Crippen molar-refractivity contribution in [3.05, 3.63) is 11.6 Å². The summed E-state index contributed by atoms with van der Waals surface area (Å²) in [7, 11) is 0. The van der Waals surface area contributed by atoms with Gasteiger partial charge >= 0.3 is 5.97 Å². The number of carbonyl (C=O) groups is 2. The van der Waals surface area contributed by atoms with Crippen LogP contribution in [0.15, 0.2) is 11.6 Å². The maximum Gasteiger partial charge on any atom is 0.331 e. The summed E-state index contributed by atoms with van der Waals surface area (Å²) in [6.07, 6.45) is -0.809. The summed E-state index contributed by atoms with van der Waals surface area (Å²) in [6.45, 7) is 1.79. The quantitative estimate of drug-likeness (QED) is 0.146. The molecule has 5 fully saturated rings. The molecule has 0 spiro atoms. The van der Waals surface area contributed by atoms with Crippen molar-refractivity contribution in [2.24, 2.45) is 28.6 Å². The lowest BCUT2D eigenvalue weighted by atomic mass is 9.41. The number of carbonyl (C=O) groups excluding carboxylic acids is 2. The molecule has 1 saturated heterocycles. The van der Waals surface area contributed by atoms with Crippen molar-refractivity contribution >= 4 is 12.3 Å². The molecule has 6 aliphatic rings. The molecule has 11 nitrogen and oxygen atoms in total. The van der Waals surface area contributed by atoms with Gasteiger partial charge in [-0.1, -0.05) is 6.92 Å². The summed E-state index contributed by atoms with van der Waals surface area (Å²) in [6, 6.07) is 0. The minimum absolute atomic E-state index is 0.0283. The molecular weight excluding hydrogens is 524 g/mol. The largest absolute Gasteiger partial charge is 0.458 e. The standard InChI is InChI=1S/C29H42O11/c1-26-6-3-18-19(29(26,37)9-5-17(26)15-10-21(32)38-13-15)4-8-28(36)11-16(2-7-27(18,28)14-31)39-25-24(35)23(34)22(33)20(12-30)40-25/h10,14,16-20,22-25,30,33-37H,2-9,11-13H2,1H3/t16-,17+,18-,19+,20+,22+,23-,24+,25+,26+,27-,28+,29-/m0/s1. The highest BCUT2D eigenvalue weighted by molar-refractivity contribution is 5.85. The molecule has 0 aromatic rings. The first-order chi connectivity index (χ1) is 18.9. The minimum atomic E-state index is -1.57. The smallest absolute Gasteiger partial charge is 0.331 e. The Morgan fingerprint density at radius 1 is 1.00 bits per heavy atom. The SMILES string of the molecule is C[C@]12CC[C@H]3[C@@H](CC[C@@]4(O)C[C@@H](O[C@@H]5O[C@H](CO)[C@@H](O)[C@H](O)[C@H]5O)CC[C@]34C=O)[C@@]1(O)CC[C@@H]2C1=CC(=O)OC1. The number of rotatable bonds is 5. The Kier molecular flexibility index (Phi) is 7.03. The normalized spacial score (nSPS) is 54.1. The molecule has 224 valence electrons. The topological polar surface area (TPSA) is 183 Å². The fourth-order valence-corrected chi connectivity index (χ4v) is 9.80. The van der Waals surface area contributed by atoms with E-state index in [0.717, 1.165) is 18.3 Å². The molecule has 13 atom stereocenters. The molecule has 0 amide bonds. The second kappa shape index (κ2) is 9.80. The molecule has 11 heteroatoms. The molecule has 6 rings (SSSR count). The van der Waals surface area contributed by atoms with Crippen LogP contribution in [0.25, 0.3) is 0 Å². The lowest BCUT2D eigenvalue weighted by Gasteiger charge is -2.65. The molecule has 2 aliphatic heterocycles. The van der Waals surface area contributed by atoms with Gasteiger partial charge in [-0.05, 0) is 74.7 Å². The van der Waals surface area contributed by atoms with Crippen LogP contribution in [0.4, 0.5) is 0 Å². The van der Waals surface area contributed by atoms with E-state index in [1.807, 2.05) is 0 Å². The number of hydrogen-bond donors (Lipinski definition) is 6. The maximum atomic E-state index is 13.0. The lowest BCUT2D eigenvalue weighted by Crippen LogP contribution is -2.69. The van der Waals surface area contributed by atoms with E-state index in [2.05, 4.69) is 6.92 Å². The van der Waals surface area contributed by atoms with Gasteiger partial charge in [-0.15, -0.1) is 0 Å². The Hall–Kier alpha value is -1.44. The Morgan fingerprint density at radius 3 is 2.42 bits per heavy atom. The van der Waals surface area contributed by atoms with Crippen LogP contribution in [0.5, 0.6) is 0 Å². The third kappa shape index (κ3) is 3.85. The number of cyclic esters (lactones) is 1. The molecule has 6 N–H and O–H groups in total. The molecule has 2 heterocycles. The van der Waals surface area contributed by atoms with Crippen LogP contribution in [0.3, 0.4) is 0 Å². The molecule has 0 radical (unpaired) electrons. The van der Waals surface area contributed by atoms with Gasteiger partial charge in [0.2, 0.25) is 0 Å². The van der Waals surface area contributed by atoms with Crippen molar-refractivity contribution in [2.45, 2.75) is 113 Å². The van der Waals surface area contributed by atoms with E-state index in [9.17, 15) is 40.2 Å². The second-order valence-corrected chi connectivity index (χ2v) is 13.4. The van der Waals surface area contributed by atoms with Gasteiger partial charge in [0.15, 0.2) is 6.29 Å². The number of ether oxygens (including phenoxy) is 3. The van der Waals surface area contributed by atoms with Crippen molar-refractivity contribution in [3.8, 4) is 0 Å². The highest BCUT2D eigenvalue weighted by Crippen LogP contribution is 2.70. The summed E-state index contributed by atoms with van der Waals surface area (Å²) in [5.74, 6) is -0.707. The van der Waals surface area contributed by atoms with Crippen molar-refractivity contribution in [2.75, 3.05) is 13.2 Å². The van der Waals surface area contributed by atoms with Crippen LogP contribution in [0, 0.1) is 28.6 Å². The maximum absolute atomic E-state index is 13.0. The predicted octanol–water partition coefficient (Wildman–Crippen LogP) is -0.278. The van der Waals surface area contributed by atoms with Crippen LogP contribution in [0.2, 0.25) is 0 Å². The van der Waals surface area contributed by atoms with E-state index < -0.39 is 65.4 Å². The Labute approximate surface area is 233 Å². The zero-order chi connectivity index (χ0) is 28.7. The van der Waals surface area contributed by atoms with Crippen molar-refractivity contribution in [3.63, 3.8) is 0 Å². The first-order valence-corrected chi connectivity index (χ1v) is 14.7. The summed E-state index contributed by atoms with van der Waals surface area (Å²) < 4.78 is 16.7. The lowest BCUT2D eigenvalue weighted by molar-refractivity contribution is -0.322. The number of hydrogen-bond acceptors (Lipinski definition) is 11. The minimum Gasteiger partial charge on any atom is -0.458 e. The van der Waals surface area contributed by atoms with E-state index in [-0.39, 0.29) is 36.8 Å². The van der Waals surface area contributed by atoms with Crippen molar-refractivity contribution in [1.82, 2.24) is 0 Å². The van der Waals surface area contributed by atoms with E-state index in [1.165, 1.54) is 0 Å².